The number of sulfone groups is 1. The van der Waals surface area contributed by atoms with Gasteiger partial charge >= 0.3 is 0 Å². The Labute approximate surface area is 166 Å². The van der Waals surface area contributed by atoms with Crippen LogP contribution in [0.5, 0.6) is 0 Å². The zero-order valence-corrected chi connectivity index (χ0v) is 16.4. The van der Waals surface area contributed by atoms with E-state index >= 15 is 0 Å². The number of fused-ring (bicyclic) bond motifs is 1. The van der Waals surface area contributed by atoms with Crippen LogP contribution in [-0.2, 0) is 9.84 Å². The average Bonchev–Trinajstić information content (AvgIpc) is 3.10. The van der Waals surface area contributed by atoms with Gasteiger partial charge in [-0.1, -0.05) is 23.4 Å². The number of thioether (sulfide) groups is 1. The van der Waals surface area contributed by atoms with Crippen LogP contribution >= 0.6 is 23.4 Å². The Hall–Kier alpha value is -2.03. The minimum absolute atomic E-state index is 0.00178. The lowest BCUT2D eigenvalue weighted by Crippen LogP contribution is -2.13. The first-order chi connectivity index (χ1) is 12.9. The lowest BCUT2D eigenvalue weighted by Gasteiger charge is -2.08. The van der Waals surface area contributed by atoms with Gasteiger partial charge in [-0.2, -0.15) is 0 Å². The average molecular weight is 422 g/mol. The van der Waals surface area contributed by atoms with E-state index in [1.807, 2.05) is 0 Å². The van der Waals surface area contributed by atoms with Crippen molar-refractivity contribution in [3.63, 3.8) is 0 Å². The molecule has 0 aromatic heterocycles. The fraction of sp³-hybridized carbons (Fsp3) is 0.222. The minimum atomic E-state index is -2.95. The number of aliphatic imine (C=N–C) groups is 1. The molecule has 0 bridgehead atoms. The Bertz CT molecular complexity index is 1010. The molecule has 1 saturated heterocycles. The Balaban J connectivity index is 1.38. The van der Waals surface area contributed by atoms with Gasteiger partial charge in [0.15, 0.2) is 15.0 Å². The predicted molar refractivity (Wildman–Crippen MR) is 111 cm³/mol. The van der Waals surface area contributed by atoms with Gasteiger partial charge in [0.2, 0.25) is 0 Å². The molecule has 0 spiro atoms. The van der Waals surface area contributed by atoms with Crippen molar-refractivity contribution < 1.29 is 13.2 Å². The molecule has 2 aliphatic heterocycles. The maximum Gasteiger partial charge on any atom is 0.255 e. The summed E-state index contributed by atoms with van der Waals surface area (Å²) in [5, 5.41) is 7.33. The van der Waals surface area contributed by atoms with Gasteiger partial charge in [0.25, 0.3) is 5.91 Å². The van der Waals surface area contributed by atoms with E-state index < -0.39 is 9.84 Å². The van der Waals surface area contributed by atoms with E-state index in [0.29, 0.717) is 16.3 Å². The molecular weight excluding hydrogens is 406 g/mol. The number of amidine groups is 1. The van der Waals surface area contributed by atoms with E-state index in [9.17, 15) is 13.2 Å². The van der Waals surface area contributed by atoms with Crippen LogP contribution < -0.4 is 10.6 Å². The molecule has 2 N–H and O–H groups in total. The number of nitrogens with zero attached hydrogens (tertiary/aromatic N) is 1. The highest BCUT2D eigenvalue weighted by Gasteiger charge is 2.42. The van der Waals surface area contributed by atoms with Crippen molar-refractivity contribution in [1.29, 1.82) is 0 Å². The normalized spacial score (nSPS) is 22.8. The predicted octanol–water partition coefficient (Wildman–Crippen LogP) is 3.27. The second-order valence-corrected chi connectivity index (χ2v) is 10.2. The van der Waals surface area contributed by atoms with Crippen molar-refractivity contribution in [2.45, 2.75) is 11.3 Å². The Morgan fingerprint density at radius 3 is 2.37 bits per heavy atom. The number of hydrogen-bond donors (Lipinski definition) is 2. The van der Waals surface area contributed by atoms with E-state index in [4.69, 9.17) is 11.6 Å². The Morgan fingerprint density at radius 2 is 1.70 bits per heavy atom. The van der Waals surface area contributed by atoms with Gasteiger partial charge < -0.3 is 10.6 Å². The fourth-order valence-corrected chi connectivity index (χ4v) is 6.78. The van der Waals surface area contributed by atoms with Crippen LogP contribution in [0.1, 0.15) is 10.4 Å². The number of halogens is 1. The molecule has 0 saturated carbocycles. The zero-order valence-electron chi connectivity index (χ0n) is 14.1. The number of hydrogen-bond acceptors (Lipinski definition) is 6. The maximum absolute atomic E-state index is 12.3. The van der Waals surface area contributed by atoms with E-state index in [2.05, 4.69) is 15.6 Å². The molecule has 140 valence electrons. The number of rotatable bonds is 3. The first-order valence-corrected chi connectivity index (χ1v) is 11.3. The summed E-state index contributed by atoms with van der Waals surface area (Å²) in [6.45, 7) is 0. The molecule has 2 aromatic carbocycles. The van der Waals surface area contributed by atoms with Crippen LogP contribution in [0.25, 0.3) is 0 Å². The van der Waals surface area contributed by atoms with Crippen molar-refractivity contribution in [1.82, 2.24) is 0 Å². The van der Waals surface area contributed by atoms with Gasteiger partial charge in [-0.05, 0) is 48.5 Å². The van der Waals surface area contributed by atoms with E-state index in [1.165, 1.54) is 11.8 Å². The summed E-state index contributed by atoms with van der Waals surface area (Å²) in [6, 6.07) is 13.8. The summed E-state index contributed by atoms with van der Waals surface area (Å²) < 4.78 is 23.2. The third-order valence-corrected chi connectivity index (χ3v) is 7.71. The number of nitrogens with one attached hydrogen (secondary N) is 2. The highest BCUT2D eigenvalue weighted by atomic mass is 35.5. The molecule has 1 fully saturated rings. The van der Waals surface area contributed by atoms with Crippen molar-refractivity contribution in [2.24, 2.45) is 4.99 Å². The summed E-state index contributed by atoms with van der Waals surface area (Å²) in [5.41, 5.74) is 2.00. The van der Waals surface area contributed by atoms with Gasteiger partial charge in [0.05, 0.1) is 17.5 Å². The monoisotopic (exact) mass is 421 g/mol. The second kappa shape index (κ2) is 7.18. The summed E-state index contributed by atoms with van der Waals surface area (Å²) in [6.07, 6.45) is 0. The smallest absolute Gasteiger partial charge is 0.255 e. The van der Waals surface area contributed by atoms with Crippen molar-refractivity contribution in [3.8, 4) is 0 Å². The van der Waals surface area contributed by atoms with Gasteiger partial charge in [0, 0.05) is 27.2 Å². The van der Waals surface area contributed by atoms with Crippen LogP contribution in [0.2, 0.25) is 5.02 Å². The first kappa shape index (κ1) is 18.3. The second-order valence-electron chi connectivity index (χ2n) is 6.40. The molecule has 2 aliphatic rings. The van der Waals surface area contributed by atoms with Gasteiger partial charge in [0.1, 0.15) is 0 Å². The van der Waals surface area contributed by atoms with E-state index in [0.717, 1.165) is 10.9 Å². The van der Waals surface area contributed by atoms with Gasteiger partial charge in [-0.15, -0.1) is 0 Å². The SMILES string of the molecule is O=C(Nc1ccc(Cl)cc1)c1ccc(NC2=N[C@H]3CS(=O)(=O)C[C@@H]3S2)cc1. The van der Waals surface area contributed by atoms with Crippen molar-refractivity contribution in [3.05, 3.63) is 59.1 Å². The summed E-state index contributed by atoms with van der Waals surface area (Å²) in [4.78, 5) is 16.8. The number of benzene rings is 2. The lowest BCUT2D eigenvalue weighted by atomic mass is 10.2. The summed E-state index contributed by atoms with van der Waals surface area (Å²) in [5.74, 6) is 0.0942. The first-order valence-electron chi connectivity index (χ1n) is 8.27. The molecule has 4 rings (SSSR count). The summed E-state index contributed by atoms with van der Waals surface area (Å²) >= 11 is 7.30. The molecule has 2 atom stereocenters. The molecule has 0 aliphatic carbocycles. The Kier molecular flexibility index (Phi) is 4.88. The van der Waals surface area contributed by atoms with Gasteiger partial charge in [-0.3, -0.25) is 9.79 Å². The van der Waals surface area contributed by atoms with Crippen molar-refractivity contribution in [2.75, 3.05) is 22.1 Å². The minimum Gasteiger partial charge on any atom is -0.335 e. The Morgan fingerprint density at radius 1 is 1.04 bits per heavy atom. The van der Waals surface area contributed by atoms with Crippen LogP contribution in [0.3, 0.4) is 0 Å². The van der Waals surface area contributed by atoms with Crippen LogP contribution in [0, 0.1) is 0 Å². The molecule has 1 amide bonds. The molecule has 6 nitrogen and oxygen atoms in total. The third kappa shape index (κ3) is 4.28. The van der Waals surface area contributed by atoms with Crippen LogP contribution in [0.4, 0.5) is 11.4 Å². The highest BCUT2D eigenvalue weighted by Crippen LogP contribution is 2.34. The number of carbonyl (C=O) groups excluding carboxylic acids is 1. The molecule has 0 radical (unpaired) electrons. The standard InChI is InChI=1S/C18H16ClN3O3S2/c19-12-3-7-13(8-4-12)20-17(23)11-1-5-14(6-2-11)21-18-22-15-9-27(24,25)10-16(15)26-18/h1-8,15-16H,9-10H2,(H,20,23)(H,21,22)/t15-,16-/m0/s1. The van der Waals surface area contributed by atoms with Gasteiger partial charge in [-0.25, -0.2) is 8.42 Å². The fourth-order valence-electron chi connectivity index (χ4n) is 2.98. The molecule has 0 unspecified atom stereocenters. The molecule has 2 aromatic rings. The quantitative estimate of drug-likeness (QED) is 0.794. The molecule has 9 heteroatoms. The maximum atomic E-state index is 12.3. The van der Waals surface area contributed by atoms with E-state index in [-0.39, 0.29) is 28.7 Å². The third-order valence-electron chi connectivity index (χ3n) is 4.32. The van der Waals surface area contributed by atoms with Crippen LogP contribution in [0.15, 0.2) is 53.5 Å². The lowest BCUT2D eigenvalue weighted by molar-refractivity contribution is 0.102. The highest BCUT2D eigenvalue weighted by molar-refractivity contribution is 8.15. The largest absolute Gasteiger partial charge is 0.335 e. The summed E-state index contributed by atoms with van der Waals surface area (Å²) in [7, 11) is -2.95. The number of carbonyl (C=O) groups is 1. The molecular formula is C18H16ClN3O3S2. The zero-order chi connectivity index (χ0) is 19.0. The van der Waals surface area contributed by atoms with Crippen LogP contribution in [-0.4, -0.2) is 42.3 Å². The molecule has 2 heterocycles. The topological polar surface area (TPSA) is 87.6 Å². The number of anilines is 2. The van der Waals surface area contributed by atoms with E-state index in [1.54, 1.807) is 48.5 Å². The van der Waals surface area contributed by atoms with Crippen molar-refractivity contribution >= 4 is 55.6 Å². The molecule has 27 heavy (non-hydrogen) atoms. The number of amides is 1.